The molecular formula is C11H18K2O4. The normalized spacial score (nSPS) is 10.0. The number of aliphatic carboxylic acids is 2. The van der Waals surface area contributed by atoms with Crippen LogP contribution in [0.5, 0.6) is 0 Å². The molecule has 0 amide bonds. The van der Waals surface area contributed by atoms with Gasteiger partial charge in [-0.1, -0.05) is 39.5 Å². The maximum Gasteiger partial charge on any atom is 1.00 e. The Morgan fingerprint density at radius 2 is 1.18 bits per heavy atom. The van der Waals surface area contributed by atoms with Crippen molar-refractivity contribution in [1.82, 2.24) is 0 Å². The molecule has 17 heavy (non-hydrogen) atoms. The van der Waals surface area contributed by atoms with E-state index >= 15 is 0 Å². The molecule has 0 aromatic heterocycles. The van der Waals surface area contributed by atoms with Crippen LogP contribution in [0, 0.1) is 5.41 Å². The fourth-order valence-electron chi connectivity index (χ4n) is 1.57. The zero-order chi connectivity index (χ0) is 11.9. The second-order valence-corrected chi connectivity index (χ2v) is 3.86. The number of carboxylic acid groups (broad SMARTS) is 2. The van der Waals surface area contributed by atoms with Gasteiger partial charge in [0.1, 0.15) is 0 Å². The van der Waals surface area contributed by atoms with Gasteiger partial charge < -0.3 is 19.8 Å². The van der Waals surface area contributed by atoms with Crippen molar-refractivity contribution in [3.63, 3.8) is 0 Å². The van der Waals surface area contributed by atoms with E-state index < -0.39 is 17.4 Å². The number of rotatable bonds is 8. The molecule has 0 radical (unpaired) electrons. The van der Waals surface area contributed by atoms with Crippen molar-refractivity contribution < 1.29 is 123 Å². The van der Waals surface area contributed by atoms with Gasteiger partial charge in [0.05, 0.1) is 11.9 Å². The minimum atomic E-state index is -1.79. The molecule has 0 unspecified atom stereocenters. The quantitative estimate of drug-likeness (QED) is 0.329. The standard InChI is InChI=1S/C11H20O4.2K/c1-3-5-7-11(9(12)13,10(14)15)8-6-4-2;;/h3-8H2,1-2H3,(H,12,13)(H,14,15);;/q;2*+1/p-2. The van der Waals surface area contributed by atoms with Crippen molar-refractivity contribution in [2.45, 2.75) is 52.4 Å². The molecular weight excluding hydrogens is 274 g/mol. The molecule has 0 heterocycles. The molecule has 0 atom stereocenters. The third-order valence-corrected chi connectivity index (χ3v) is 2.70. The number of hydrogen-bond acceptors (Lipinski definition) is 4. The van der Waals surface area contributed by atoms with E-state index in [1.165, 1.54) is 0 Å². The van der Waals surface area contributed by atoms with Crippen LogP contribution >= 0.6 is 0 Å². The van der Waals surface area contributed by atoms with Gasteiger partial charge >= 0.3 is 103 Å². The molecule has 4 nitrogen and oxygen atoms in total. The van der Waals surface area contributed by atoms with E-state index in [4.69, 9.17) is 0 Å². The second-order valence-electron chi connectivity index (χ2n) is 3.86. The molecule has 0 fully saturated rings. The monoisotopic (exact) mass is 292 g/mol. The Bertz CT molecular complexity index is 208. The fourth-order valence-corrected chi connectivity index (χ4v) is 1.57. The summed E-state index contributed by atoms with van der Waals surface area (Å²) in [7, 11) is 0. The predicted molar refractivity (Wildman–Crippen MR) is 51.5 cm³/mol. The zero-order valence-corrected chi connectivity index (χ0v) is 17.6. The summed E-state index contributed by atoms with van der Waals surface area (Å²) >= 11 is 0. The molecule has 0 N–H and O–H groups in total. The van der Waals surface area contributed by atoms with E-state index in [0.717, 1.165) is 12.8 Å². The molecule has 0 aromatic carbocycles. The molecule has 0 spiro atoms. The Kier molecular flexibility index (Phi) is 18.8. The third kappa shape index (κ3) is 8.17. The van der Waals surface area contributed by atoms with Crippen molar-refractivity contribution in [3.05, 3.63) is 0 Å². The van der Waals surface area contributed by atoms with Gasteiger partial charge in [-0.15, -0.1) is 0 Å². The minimum Gasteiger partial charge on any atom is -0.549 e. The van der Waals surface area contributed by atoms with Gasteiger partial charge in [0.2, 0.25) is 0 Å². The summed E-state index contributed by atoms with van der Waals surface area (Å²) in [5.74, 6) is -3.02. The van der Waals surface area contributed by atoms with Crippen LogP contribution in [-0.4, -0.2) is 11.9 Å². The SMILES string of the molecule is CCCCC(CCCC)(C(=O)[O-])C(=O)[O-].[K+].[K+]. The van der Waals surface area contributed by atoms with E-state index in [2.05, 4.69) is 0 Å². The van der Waals surface area contributed by atoms with Crippen molar-refractivity contribution in [2.75, 3.05) is 0 Å². The fraction of sp³-hybridized carbons (Fsp3) is 0.818. The van der Waals surface area contributed by atoms with Crippen molar-refractivity contribution in [3.8, 4) is 0 Å². The van der Waals surface area contributed by atoms with Gasteiger partial charge in [-0.25, -0.2) is 0 Å². The third-order valence-electron chi connectivity index (χ3n) is 2.70. The molecule has 0 aliphatic carbocycles. The summed E-state index contributed by atoms with van der Waals surface area (Å²) in [6.07, 6.45) is 2.85. The molecule has 0 saturated carbocycles. The van der Waals surface area contributed by atoms with Crippen LogP contribution in [0.4, 0.5) is 0 Å². The van der Waals surface area contributed by atoms with Crippen LogP contribution in [0.15, 0.2) is 0 Å². The molecule has 0 saturated heterocycles. The first-order valence-corrected chi connectivity index (χ1v) is 5.44. The second kappa shape index (κ2) is 13.2. The number of hydrogen-bond donors (Lipinski definition) is 0. The van der Waals surface area contributed by atoms with E-state index in [9.17, 15) is 19.8 Å². The maximum absolute atomic E-state index is 10.9. The first-order valence-electron chi connectivity index (χ1n) is 5.44. The average Bonchev–Trinajstić information content (AvgIpc) is 2.17. The number of carboxylic acids is 2. The van der Waals surface area contributed by atoms with Gasteiger partial charge in [-0.05, 0) is 12.8 Å². The van der Waals surface area contributed by atoms with E-state index in [0.29, 0.717) is 12.8 Å². The zero-order valence-electron chi connectivity index (χ0n) is 11.4. The summed E-state index contributed by atoms with van der Waals surface area (Å²) in [6, 6.07) is 0. The first kappa shape index (κ1) is 24.2. The maximum atomic E-state index is 10.9. The van der Waals surface area contributed by atoms with Crippen LogP contribution in [0.1, 0.15) is 52.4 Å². The molecule has 0 bridgehead atoms. The minimum absolute atomic E-state index is 0. The summed E-state index contributed by atoms with van der Waals surface area (Å²) in [4.78, 5) is 21.9. The Balaban J connectivity index is -0.000000980. The molecule has 0 aliphatic heterocycles. The number of carbonyl (C=O) groups excluding carboxylic acids is 2. The topological polar surface area (TPSA) is 80.3 Å². The number of carbonyl (C=O) groups is 2. The van der Waals surface area contributed by atoms with Crippen molar-refractivity contribution >= 4 is 11.9 Å². The van der Waals surface area contributed by atoms with Crippen molar-refractivity contribution in [1.29, 1.82) is 0 Å². The van der Waals surface area contributed by atoms with E-state index in [1.807, 2.05) is 13.8 Å². The molecule has 6 heteroatoms. The Morgan fingerprint density at radius 3 is 1.35 bits per heavy atom. The Labute approximate surface area is 188 Å². The predicted octanol–water partition coefficient (Wildman–Crippen LogP) is -6.14. The Hall–Kier alpha value is 2.21. The molecule has 88 valence electrons. The summed E-state index contributed by atoms with van der Waals surface area (Å²) < 4.78 is 0. The van der Waals surface area contributed by atoms with Crippen molar-refractivity contribution in [2.24, 2.45) is 5.41 Å². The summed E-state index contributed by atoms with van der Waals surface area (Å²) in [6.45, 7) is 3.77. The van der Waals surface area contributed by atoms with Gasteiger partial charge in [-0.3, -0.25) is 0 Å². The van der Waals surface area contributed by atoms with Gasteiger partial charge in [-0.2, -0.15) is 0 Å². The van der Waals surface area contributed by atoms with Crippen LogP contribution in [0.3, 0.4) is 0 Å². The average molecular weight is 292 g/mol. The molecule has 0 aliphatic rings. The van der Waals surface area contributed by atoms with E-state index in [-0.39, 0.29) is 116 Å². The van der Waals surface area contributed by atoms with Gasteiger partial charge in [0.25, 0.3) is 0 Å². The molecule has 0 rings (SSSR count). The Morgan fingerprint density at radius 1 is 0.882 bits per heavy atom. The van der Waals surface area contributed by atoms with Gasteiger partial charge in [0, 0.05) is 5.41 Å². The first-order chi connectivity index (χ1) is 7.01. The summed E-state index contributed by atoms with van der Waals surface area (Å²) in [5.41, 5.74) is -1.79. The van der Waals surface area contributed by atoms with Crippen LogP contribution in [-0.2, 0) is 9.59 Å². The van der Waals surface area contributed by atoms with E-state index in [1.54, 1.807) is 0 Å². The molecule has 0 aromatic rings. The van der Waals surface area contributed by atoms with Crippen LogP contribution in [0.2, 0.25) is 0 Å². The largest absolute Gasteiger partial charge is 1.00 e. The smallest absolute Gasteiger partial charge is 0.549 e. The van der Waals surface area contributed by atoms with Crippen LogP contribution < -0.4 is 113 Å². The van der Waals surface area contributed by atoms with Crippen LogP contribution in [0.25, 0.3) is 0 Å². The summed E-state index contributed by atoms with van der Waals surface area (Å²) in [5, 5.41) is 21.9. The van der Waals surface area contributed by atoms with Gasteiger partial charge in [0.15, 0.2) is 0 Å². The number of unbranched alkanes of at least 4 members (excludes halogenated alkanes) is 2.